The van der Waals surface area contributed by atoms with E-state index < -0.39 is 11.7 Å². The summed E-state index contributed by atoms with van der Waals surface area (Å²) in [5, 5.41) is 2.68. The van der Waals surface area contributed by atoms with Crippen molar-refractivity contribution < 1.29 is 28.1 Å². The number of rotatable bonds is 9. The minimum atomic E-state index is -0.529. The lowest BCUT2D eigenvalue weighted by atomic mass is 10.1. The number of nitrogens with two attached hydrogens (primary N) is 1. The first-order valence-corrected chi connectivity index (χ1v) is 10.3. The highest BCUT2D eigenvalue weighted by molar-refractivity contribution is 6.07. The topological polar surface area (TPSA) is 92.0 Å². The van der Waals surface area contributed by atoms with Crippen LogP contribution in [0.5, 0.6) is 28.7 Å². The van der Waals surface area contributed by atoms with E-state index in [9.17, 15) is 9.18 Å². The van der Waals surface area contributed by atoms with Crippen molar-refractivity contribution in [3.8, 4) is 28.7 Å². The van der Waals surface area contributed by atoms with E-state index in [1.807, 2.05) is 12.1 Å². The smallest absolute Gasteiger partial charge is 0.259 e. The van der Waals surface area contributed by atoms with Gasteiger partial charge in [0.1, 0.15) is 11.6 Å². The van der Waals surface area contributed by atoms with Crippen molar-refractivity contribution in [3.63, 3.8) is 0 Å². The van der Waals surface area contributed by atoms with Crippen LogP contribution < -0.4 is 30.0 Å². The molecular formula is C25H28ClFN2O5. The van der Waals surface area contributed by atoms with E-state index in [0.717, 1.165) is 12.0 Å². The van der Waals surface area contributed by atoms with Crippen molar-refractivity contribution >= 4 is 24.0 Å². The zero-order chi connectivity index (χ0) is 24.0. The maximum absolute atomic E-state index is 13.9. The van der Waals surface area contributed by atoms with Crippen molar-refractivity contribution in [3.05, 3.63) is 71.0 Å². The molecule has 9 heteroatoms. The third-order valence-corrected chi connectivity index (χ3v) is 5.03. The SMILES string of the molecule is COc1c(Oc2ccc(CCN)cc2)cc(C(=O)Nc2ccc(C)c(F)c2)c(OC)c1OC.Cl. The molecule has 3 rings (SSSR count). The van der Waals surface area contributed by atoms with Gasteiger partial charge in [-0.3, -0.25) is 4.79 Å². The fraction of sp³-hybridized carbons (Fsp3) is 0.240. The fourth-order valence-corrected chi connectivity index (χ4v) is 3.31. The van der Waals surface area contributed by atoms with Gasteiger partial charge in [-0.15, -0.1) is 12.4 Å². The summed E-state index contributed by atoms with van der Waals surface area (Å²) in [5.74, 6) is 0.449. The molecule has 0 aliphatic heterocycles. The Morgan fingerprint density at radius 3 is 2.15 bits per heavy atom. The number of aryl methyl sites for hydroxylation is 1. The van der Waals surface area contributed by atoms with Crippen LogP contribution in [0.2, 0.25) is 0 Å². The highest BCUT2D eigenvalue weighted by Crippen LogP contribution is 2.48. The van der Waals surface area contributed by atoms with Gasteiger partial charge in [0.25, 0.3) is 5.91 Å². The van der Waals surface area contributed by atoms with Crippen LogP contribution in [0.25, 0.3) is 0 Å². The van der Waals surface area contributed by atoms with Crippen LogP contribution in [-0.2, 0) is 6.42 Å². The number of benzene rings is 3. The normalized spacial score (nSPS) is 10.2. The molecule has 0 saturated carbocycles. The molecule has 0 bridgehead atoms. The predicted molar refractivity (Wildman–Crippen MR) is 132 cm³/mol. The van der Waals surface area contributed by atoms with Gasteiger partial charge in [0.15, 0.2) is 11.5 Å². The lowest BCUT2D eigenvalue weighted by Crippen LogP contribution is -2.14. The molecule has 1 amide bonds. The molecule has 0 aromatic heterocycles. The summed E-state index contributed by atoms with van der Waals surface area (Å²) in [7, 11) is 4.31. The Morgan fingerprint density at radius 2 is 1.59 bits per heavy atom. The van der Waals surface area contributed by atoms with Crippen LogP contribution >= 0.6 is 12.4 Å². The number of anilines is 1. The lowest BCUT2D eigenvalue weighted by Gasteiger charge is -2.19. The Morgan fingerprint density at radius 1 is 0.941 bits per heavy atom. The van der Waals surface area contributed by atoms with Crippen LogP contribution in [0.3, 0.4) is 0 Å². The second-order valence-corrected chi connectivity index (χ2v) is 7.22. The lowest BCUT2D eigenvalue weighted by molar-refractivity contribution is 0.102. The number of halogens is 2. The van der Waals surface area contributed by atoms with Crippen LogP contribution in [0.15, 0.2) is 48.5 Å². The van der Waals surface area contributed by atoms with Gasteiger partial charge in [0.05, 0.1) is 26.9 Å². The molecule has 0 fully saturated rings. The number of carbonyl (C=O) groups is 1. The van der Waals surface area contributed by atoms with Crippen molar-refractivity contribution in [2.75, 3.05) is 33.2 Å². The summed E-state index contributed by atoms with van der Waals surface area (Å²) in [4.78, 5) is 13.1. The highest BCUT2D eigenvalue weighted by Gasteiger charge is 2.26. The minimum absolute atomic E-state index is 0. The molecule has 0 unspecified atom stereocenters. The molecule has 0 heterocycles. The summed E-state index contributed by atoms with van der Waals surface area (Å²) in [6.45, 7) is 2.19. The molecular weight excluding hydrogens is 463 g/mol. The van der Waals surface area contributed by atoms with E-state index in [2.05, 4.69) is 5.32 Å². The Labute approximate surface area is 204 Å². The minimum Gasteiger partial charge on any atom is -0.492 e. The summed E-state index contributed by atoms with van der Waals surface area (Å²) >= 11 is 0. The largest absolute Gasteiger partial charge is 0.492 e. The van der Waals surface area contributed by atoms with E-state index in [1.165, 1.54) is 33.5 Å². The fourth-order valence-electron chi connectivity index (χ4n) is 3.31. The zero-order valence-corrected chi connectivity index (χ0v) is 20.3. The van der Waals surface area contributed by atoms with Gasteiger partial charge >= 0.3 is 0 Å². The summed E-state index contributed by atoms with van der Waals surface area (Å²) in [6.07, 6.45) is 0.754. The molecule has 0 radical (unpaired) electrons. The summed E-state index contributed by atoms with van der Waals surface area (Å²) in [5.41, 5.74) is 7.59. The number of hydrogen-bond donors (Lipinski definition) is 2. The Balaban J connectivity index is 0.00000408. The Kier molecular flexibility index (Phi) is 9.53. The third kappa shape index (κ3) is 5.89. The second-order valence-electron chi connectivity index (χ2n) is 7.22. The average Bonchev–Trinajstić information content (AvgIpc) is 2.81. The quantitative estimate of drug-likeness (QED) is 0.432. The summed E-state index contributed by atoms with van der Waals surface area (Å²) < 4.78 is 36.4. The number of carbonyl (C=O) groups excluding carboxylic acids is 1. The highest BCUT2D eigenvalue weighted by atomic mass is 35.5. The van der Waals surface area contributed by atoms with Gasteiger partial charge in [-0.25, -0.2) is 4.39 Å². The van der Waals surface area contributed by atoms with E-state index in [-0.39, 0.29) is 41.0 Å². The molecule has 7 nitrogen and oxygen atoms in total. The third-order valence-electron chi connectivity index (χ3n) is 5.03. The van der Waals surface area contributed by atoms with Crippen LogP contribution in [-0.4, -0.2) is 33.8 Å². The van der Waals surface area contributed by atoms with Crippen molar-refractivity contribution in [1.82, 2.24) is 0 Å². The molecule has 0 aliphatic rings. The van der Waals surface area contributed by atoms with Gasteiger partial charge in [-0.1, -0.05) is 18.2 Å². The average molecular weight is 491 g/mol. The van der Waals surface area contributed by atoms with Crippen molar-refractivity contribution in [2.24, 2.45) is 5.73 Å². The number of methoxy groups -OCH3 is 3. The summed E-state index contributed by atoms with van der Waals surface area (Å²) in [6, 6.07) is 13.4. The molecule has 3 N–H and O–H groups in total. The molecule has 34 heavy (non-hydrogen) atoms. The maximum Gasteiger partial charge on any atom is 0.259 e. The first kappa shape index (κ1) is 26.8. The zero-order valence-electron chi connectivity index (χ0n) is 19.4. The van der Waals surface area contributed by atoms with Gasteiger partial charge in [-0.05, 0) is 55.3 Å². The second kappa shape index (κ2) is 12.1. The van der Waals surface area contributed by atoms with Gasteiger partial charge in [0, 0.05) is 11.8 Å². The van der Waals surface area contributed by atoms with E-state index in [1.54, 1.807) is 31.2 Å². The van der Waals surface area contributed by atoms with Gasteiger partial charge < -0.3 is 30.0 Å². The molecule has 0 aliphatic carbocycles. The number of hydrogen-bond acceptors (Lipinski definition) is 6. The number of nitrogens with one attached hydrogen (secondary N) is 1. The first-order chi connectivity index (χ1) is 15.9. The van der Waals surface area contributed by atoms with Crippen LogP contribution in [0, 0.1) is 12.7 Å². The standard InChI is InChI=1S/C25H27FN2O5.ClH/c1-15-5-8-17(13-20(15)26)28-25(29)19-14-21(23(31-3)24(32-4)22(19)30-2)33-18-9-6-16(7-10-18)11-12-27;/h5-10,13-14H,11-12,27H2,1-4H3,(H,28,29);1H. The van der Waals surface area contributed by atoms with E-state index >= 15 is 0 Å². The molecule has 0 spiro atoms. The van der Waals surface area contributed by atoms with Crippen LogP contribution in [0.1, 0.15) is 21.5 Å². The van der Waals surface area contributed by atoms with Crippen LogP contribution in [0.4, 0.5) is 10.1 Å². The molecule has 0 atom stereocenters. The molecule has 3 aromatic rings. The Bertz CT molecular complexity index is 1140. The van der Waals surface area contributed by atoms with E-state index in [4.69, 9.17) is 24.7 Å². The van der Waals surface area contributed by atoms with Crippen molar-refractivity contribution in [2.45, 2.75) is 13.3 Å². The molecule has 3 aromatic carbocycles. The number of ether oxygens (including phenoxy) is 4. The predicted octanol–water partition coefficient (Wildman–Crippen LogP) is 5.13. The number of amides is 1. The molecule has 0 saturated heterocycles. The maximum atomic E-state index is 13.9. The van der Waals surface area contributed by atoms with Crippen molar-refractivity contribution in [1.29, 1.82) is 0 Å². The monoisotopic (exact) mass is 490 g/mol. The van der Waals surface area contributed by atoms with Gasteiger partial charge in [-0.2, -0.15) is 0 Å². The van der Waals surface area contributed by atoms with E-state index in [0.29, 0.717) is 23.5 Å². The Hall–Kier alpha value is -3.49. The molecule has 182 valence electrons. The van der Waals surface area contributed by atoms with Gasteiger partial charge in [0.2, 0.25) is 11.5 Å². The first-order valence-electron chi connectivity index (χ1n) is 10.3.